The van der Waals surface area contributed by atoms with Gasteiger partial charge in [0.2, 0.25) is 0 Å². The molecular formula is C8H6F2N4O2. The minimum atomic E-state index is -1.05. The number of hydrogen-bond donors (Lipinski definition) is 1. The van der Waals surface area contributed by atoms with Gasteiger partial charge in [-0.3, -0.25) is 9.78 Å². The Balaban J connectivity index is 0.000000165. The zero-order chi connectivity index (χ0) is 12.0. The fourth-order valence-corrected chi connectivity index (χ4v) is 0.682. The summed E-state index contributed by atoms with van der Waals surface area (Å²) in [7, 11) is 0. The summed E-state index contributed by atoms with van der Waals surface area (Å²) >= 11 is 0. The summed E-state index contributed by atoms with van der Waals surface area (Å²) in [4.78, 5) is 28.3. The molecule has 84 valence electrons. The molecule has 2 aromatic heterocycles. The van der Waals surface area contributed by atoms with Gasteiger partial charge in [-0.1, -0.05) is 4.48 Å². The molecule has 2 rings (SSSR count). The minimum Gasteiger partial charge on any atom is -0.272 e. The highest BCUT2D eigenvalue weighted by Gasteiger charge is 1.89. The Morgan fingerprint density at radius 2 is 1.88 bits per heavy atom. The SMILES string of the molecule is Fc1ncccn1.O=c1ccn(F)c(=O)[nH]1. The molecule has 0 fully saturated rings. The van der Waals surface area contributed by atoms with Crippen LogP contribution < -0.4 is 11.2 Å². The molecule has 16 heavy (non-hydrogen) atoms. The topological polar surface area (TPSA) is 80.6 Å². The summed E-state index contributed by atoms with van der Waals surface area (Å²) < 4.78 is 23.6. The molecule has 6 nitrogen and oxygen atoms in total. The van der Waals surface area contributed by atoms with Gasteiger partial charge in [0.1, 0.15) is 0 Å². The monoisotopic (exact) mass is 228 g/mol. The summed E-state index contributed by atoms with van der Waals surface area (Å²) in [6.07, 6.45) is 2.77. The van der Waals surface area contributed by atoms with Gasteiger partial charge >= 0.3 is 11.8 Å². The standard InChI is InChI=1S/C4H3FN2O2.C4H3FN2/c5-7-2-1-3(8)6-4(7)9;5-4-6-2-1-3-7-4/h1-2H,(H,6,8,9);1-3H. The summed E-state index contributed by atoms with van der Waals surface area (Å²) in [6, 6.07) is 2.48. The second-order valence-electron chi connectivity index (χ2n) is 2.44. The van der Waals surface area contributed by atoms with E-state index in [0.29, 0.717) is 0 Å². The summed E-state index contributed by atoms with van der Waals surface area (Å²) in [6.45, 7) is 0. The van der Waals surface area contributed by atoms with Gasteiger partial charge in [0.15, 0.2) is 0 Å². The zero-order valence-electron chi connectivity index (χ0n) is 7.80. The molecule has 0 unspecified atom stereocenters. The van der Waals surface area contributed by atoms with E-state index < -0.39 is 17.3 Å². The molecule has 0 aliphatic rings. The maximum absolute atomic E-state index is 11.9. The number of nitrogens with one attached hydrogen (secondary N) is 1. The van der Waals surface area contributed by atoms with Crippen LogP contribution in [0.5, 0.6) is 0 Å². The average Bonchev–Trinajstić information content (AvgIpc) is 2.26. The van der Waals surface area contributed by atoms with Crippen LogP contribution in [0.2, 0.25) is 0 Å². The molecule has 0 saturated heterocycles. The van der Waals surface area contributed by atoms with E-state index in [1.54, 1.807) is 11.1 Å². The Labute approximate surface area is 87.2 Å². The number of aromatic amines is 1. The molecule has 0 atom stereocenters. The Morgan fingerprint density at radius 1 is 1.25 bits per heavy atom. The Morgan fingerprint density at radius 3 is 2.25 bits per heavy atom. The summed E-state index contributed by atoms with van der Waals surface area (Å²) in [5.74, 6) is 0. The molecule has 0 aromatic carbocycles. The first-order valence-corrected chi connectivity index (χ1v) is 4.00. The van der Waals surface area contributed by atoms with Crippen molar-refractivity contribution >= 4 is 0 Å². The Kier molecular flexibility index (Phi) is 4.01. The maximum atomic E-state index is 11.9. The van der Waals surface area contributed by atoms with Crippen LogP contribution in [-0.2, 0) is 0 Å². The van der Waals surface area contributed by atoms with Gasteiger partial charge in [0.05, 0.1) is 0 Å². The second kappa shape index (κ2) is 5.49. The maximum Gasteiger partial charge on any atom is 0.356 e. The molecule has 0 amide bonds. The van der Waals surface area contributed by atoms with Crippen LogP contribution in [-0.4, -0.2) is 19.7 Å². The molecule has 0 bridgehead atoms. The number of rotatable bonds is 0. The predicted molar refractivity (Wildman–Crippen MR) is 49.8 cm³/mol. The molecule has 0 aliphatic carbocycles. The van der Waals surface area contributed by atoms with E-state index >= 15 is 0 Å². The Hall–Kier alpha value is -2.38. The molecule has 1 N–H and O–H groups in total. The number of nitrogens with zero attached hydrogens (tertiary/aromatic N) is 3. The number of hydrogen-bond acceptors (Lipinski definition) is 4. The van der Waals surface area contributed by atoms with E-state index in [0.717, 1.165) is 12.3 Å². The van der Waals surface area contributed by atoms with Gasteiger partial charge in [-0.15, -0.1) is 4.79 Å². The van der Waals surface area contributed by atoms with Crippen molar-refractivity contribution in [3.8, 4) is 0 Å². The highest BCUT2D eigenvalue weighted by molar-refractivity contribution is 4.79. The van der Waals surface area contributed by atoms with E-state index in [1.165, 1.54) is 12.4 Å². The van der Waals surface area contributed by atoms with Crippen molar-refractivity contribution in [3.63, 3.8) is 0 Å². The third-order valence-electron chi connectivity index (χ3n) is 1.32. The third kappa shape index (κ3) is 3.78. The van der Waals surface area contributed by atoms with Gasteiger partial charge in [0.25, 0.3) is 5.56 Å². The van der Waals surface area contributed by atoms with E-state index in [4.69, 9.17) is 0 Å². The lowest BCUT2D eigenvalue weighted by atomic mass is 10.7. The third-order valence-corrected chi connectivity index (χ3v) is 1.32. The second-order valence-corrected chi connectivity index (χ2v) is 2.44. The Bertz CT molecular complexity index is 552. The number of H-pyrrole nitrogens is 1. The van der Waals surface area contributed by atoms with Gasteiger partial charge in [-0.2, -0.15) is 4.39 Å². The van der Waals surface area contributed by atoms with Crippen LogP contribution in [0.4, 0.5) is 8.87 Å². The van der Waals surface area contributed by atoms with E-state index in [-0.39, 0.29) is 4.79 Å². The van der Waals surface area contributed by atoms with E-state index in [9.17, 15) is 18.5 Å². The first kappa shape index (κ1) is 11.7. The van der Waals surface area contributed by atoms with Crippen molar-refractivity contribution < 1.29 is 8.87 Å². The van der Waals surface area contributed by atoms with Crippen LogP contribution >= 0.6 is 0 Å². The molecular weight excluding hydrogens is 222 g/mol. The zero-order valence-corrected chi connectivity index (χ0v) is 7.80. The predicted octanol–water partition coefficient (Wildman–Crippen LogP) is -0.115. The van der Waals surface area contributed by atoms with Crippen LogP contribution in [0.1, 0.15) is 0 Å². The van der Waals surface area contributed by atoms with Crippen LogP contribution in [0.15, 0.2) is 40.3 Å². The van der Waals surface area contributed by atoms with Crippen LogP contribution in [0.3, 0.4) is 0 Å². The smallest absolute Gasteiger partial charge is 0.272 e. The van der Waals surface area contributed by atoms with Gasteiger partial charge in [-0.05, 0) is 6.07 Å². The lowest BCUT2D eigenvalue weighted by Crippen LogP contribution is -2.24. The molecule has 2 heterocycles. The number of halogens is 2. The molecule has 0 spiro atoms. The molecule has 2 aromatic rings. The van der Waals surface area contributed by atoms with Crippen molar-refractivity contribution in [1.82, 2.24) is 19.7 Å². The van der Waals surface area contributed by atoms with Crippen LogP contribution in [0, 0.1) is 6.08 Å². The first-order valence-electron chi connectivity index (χ1n) is 4.00. The summed E-state index contributed by atoms with van der Waals surface area (Å²) in [5, 5.41) is 0. The van der Waals surface area contributed by atoms with Gasteiger partial charge < -0.3 is 0 Å². The molecule has 0 saturated carbocycles. The fraction of sp³-hybridized carbons (Fsp3) is 0. The van der Waals surface area contributed by atoms with Crippen molar-refractivity contribution in [2.45, 2.75) is 0 Å². The molecule has 8 heteroatoms. The lowest BCUT2D eigenvalue weighted by Gasteiger charge is -1.84. The average molecular weight is 228 g/mol. The van der Waals surface area contributed by atoms with E-state index in [2.05, 4.69) is 9.97 Å². The lowest BCUT2D eigenvalue weighted by molar-refractivity contribution is 0.343. The quantitative estimate of drug-likeness (QED) is 0.637. The normalized spacial score (nSPS) is 9.12. The first-order chi connectivity index (χ1) is 7.59. The summed E-state index contributed by atoms with van der Waals surface area (Å²) in [5.41, 5.74) is -1.66. The highest BCUT2D eigenvalue weighted by atomic mass is 19.2. The molecule has 0 radical (unpaired) electrons. The van der Waals surface area contributed by atoms with Crippen molar-refractivity contribution in [1.29, 1.82) is 0 Å². The van der Waals surface area contributed by atoms with Crippen molar-refractivity contribution in [2.24, 2.45) is 0 Å². The highest BCUT2D eigenvalue weighted by Crippen LogP contribution is 1.79. The van der Waals surface area contributed by atoms with Crippen LogP contribution in [0.25, 0.3) is 0 Å². The molecule has 0 aliphatic heterocycles. The van der Waals surface area contributed by atoms with Crippen molar-refractivity contribution in [3.05, 3.63) is 57.6 Å². The number of aromatic nitrogens is 4. The largest absolute Gasteiger partial charge is 0.356 e. The van der Waals surface area contributed by atoms with Gasteiger partial charge in [0, 0.05) is 24.7 Å². The van der Waals surface area contributed by atoms with E-state index in [1.807, 2.05) is 0 Å². The minimum absolute atomic E-state index is 0.207. The fourth-order valence-electron chi connectivity index (χ4n) is 0.682. The van der Waals surface area contributed by atoms with Crippen molar-refractivity contribution in [2.75, 3.05) is 0 Å². The van der Waals surface area contributed by atoms with Gasteiger partial charge in [-0.25, -0.2) is 14.8 Å².